The number of nitrogens with one attached hydrogen (secondary N) is 1. The number of hydrogen-bond acceptors (Lipinski definition) is 5. The lowest BCUT2D eigenvalue weighted by Crippen LogP contribution is -2.38. The molecule has 3 heterocycles. The van der Waals surface area contributed by atoms with Crippen molar-refractivity contribution in [2.75, 3.05) is 5.32 Å². The summed E-state index contributed by atoms with van der Waals surface area (Å²) in [5.41, 5.74) is 1.56. The zero-order valence-corrected chi connectivity index (χ0v) is 17.6. The SMILES string of the molecule is O=C(Nc1cnccc1[C@H]1C[C@@H](O)[C@H]2CCC[C@H]2O1)c1cccn(-c2ccccc2)c1=O. The number of fused-ring (bicyclic) bond motifs is 1. The molecule has 0 bridgehead atoms. The number of ether oxygens (including phenoxy) is 1. The smallest absolute Gasteiger partial charge is 0.267 e. The van der Waals surface area contributed by atoms with Crippen LogP contribution in [-0.4, -0.2) is 32.8 Å². The van der Waals surface area contributed by atoms with Crippen molar-refractivity contribution >= 4 is 11.6 Å². The van der Waals surface area contributed by atoms with Gasteiger partial charge in [0.1, 0.15) is 5.56 Å². The summed E-state index contributed by atoms with van der Waals surface area (Å²) in [6, 6.07) is 14.1. The average molecular weight is 431 g/mol. The average Bonchev–Trinajstić information content (AvgIpc) is 3.29. The van der Waals surface area contributed by atoms with E-state index in [2.05, 4.69) is 10.3 Å². The summed E-state index contributed by atoms with van der Waals surface area (Å²) in [4.78, 5) is 30.2. The summed E-state index contributed by atoms with van der Waals surface area (Å²) in [6.07, 6.45) is 7.57. The van der Waals surface area contributed by atoms with Crippen molar-refractivity contribution in [1.82, 2.24) is 9.55 Å². The number of carbonyl (C=O) groups is 1. The maximum atomic E-state index is 13.1. The molecule has 32 heavy (non-hydrogen) atoms. The summed E-state index contributed by atoms with van der Waals surface area (Å²) in [7, 11) is 0. The molecule has 164 valence electrons. The molecule has 1 aliphatic heterocycles. The first kappa shape index (κ1) is 20.6. The third-order valence-electron chi connectivity index (χ3n) is 6.47. The molecule has 2 aliphatic rings. The van der Waals surface area contributed by atoms with Gasteiger partial charge in [0, 0.05) is 36.0 Å². The summed E-state index contributed by atoms with van der Waals surface area (Å²) < 4.78 is 7.73. The number of nitrogens with zero attached hydrogens (tertiary/aromatic N) is 2. The molecule has 0 radical (unpaired) electrons. The van der Waals surface area contributed by atoms with E-state index in [1.165, 1.54) is 10.6 Å². The van der Waals surface area contributed by atoms with E-state index < -0.39 is 17.6 Å². The van der Waals surface area contributed by atoms with Crippen molar-refractivity contribution in [2.24, 2.45) is 5.92 Å². The quantitative estimate of drug-likeness (QED) is 0.660. The Labute approximate surface area is 185 Å². The maximum absolute atomic E-state index is 13.1. The van der Waals surface area contributed by atoms with Gasteiger partial charge in [-0.15, -0.1) is 0 Å². The number of hydrogen-bond donors (Lipinski definition) is 2. The highest BCUT2D eigenvalue weighted by atomic mass is 16.5. The molecule has 2 fully saturated rings. The van der Waals surface area contributed by atoms with Crippen molar-refractivity contribution in [3.63, 3.8) is 0 Å². The van der Waals surface area contributed by atoms with Crippen LogP contribution >= 0.6 is 0 Å². The first-order valence-electron chi connectivity index (χ1n) is 11.0. The van der Waals surface area contributed by atoms with Gasteiger partial charge >= 0.3 is 0 Å². The van der Waals surface area contributed by atoms with E-state index in [-0.39, 0.29) is 23.7 Å². The van der Waals surface area contributed by atoms with Gasteiger partial charge in [-0.1, -0.05) is 24.6 Å². The third kappa shape index (κ3) is 3.85. The lowest BCUT2D eigenvalue weighted by Gasteiger charge is -2.37. The Bertz CT molecular complexity index is 1180. The number of amides is 1. The van der Waals surface area contributed by atoms with Gasteiger partial charge in [-0.2, -0.15) is 0 Å². The van der Waals surface area contributed by atoms with Crippen molar-refractivity contribution in [1.29, 1.82) is 0 Å². The van der Waals surface area contributed by atoms with Crippen LogP contribution in [-0.2, 0) is 4.74 Å². The minimum absolute atomic E-state index is 0.0339. The van der Waals surface area contributed by atoms with Crippen LogP contribution in [0.3, 0.4) is 0 Å². The Morgan fingerprint density at radius 3 is 2.81 bits per heavy atom. The summed E-state index contributed by atoms with van der Waals surface area (Å²) in [6.45, 7) is 0. The molecule has 1 amide bonds. The highest BCUT2D eigenvalue weighted by molar-refractivity contribution is 6.04. The topological polar surface area (TPSA) is 93.4 Å². The highest BCUT2D eigenvalue weighted by Gasteiger charge is 2.41. The number of para-hydroxylation sites is 1. The van der Waals surface area contributed by atoms with Gasteiger partial charge in [0.15, 0.2) is 0 Å². The molecule has 0 unspecified atom stereocenters. The molecule has 3 aromatic rings. The van der Waals surface area contributed by atoms with E-state index in [4.69, 9.17) is 4.74 Å². The Morgan fingerprint density at radius 2 is 1.97 bits per heavy atom. The Hall–Kier alpha value is -3.29. The van der Waals surface area contributed by atoms with Gasteiger partial charge in [0.2, 0.25) is 0 Å². The Kier molecular flexibility index (Phi) is 5.59. The number of anilines is 1. The van der Waals surface area contributed by atoms with E-state index in [1.54, 1.807) is 30.7 Å². The van der Waals surface area contributed by atoms with E-state index in [0.717, 1.165) is 24.8 Å². The number of pyridine rings is 2. The lowest BCUT2D eigenvalue weighted by molar-refractivity contribution is -0.125. The van der Waals surface area contributed by atoms with Crippen LogP contribution in [0, 0.1) is 5.92 Å². The van der Waals surface area contributed by atoms with Gasteiger partial charge in [-0.05, 0) is 43.2 Å². The molecule has 1 saturated heterocycles. The fourth-order valence-electron chi connectivity index (χ4n) is 4.86. The molecular formula is C25H25N3O4. The second-order valence-corrected chi connectivity index (χ2v) is 8.41. The molecule has 1 saturated carbocycles. The van der Waals surface area contributed by atoms with E-state index in [9.17, 15) is 14.7 Å². The van der Waals surface area contributed by atoms with E-state index in [0.29, 0.717) is 17.8 Å². The minimum Gasteiger partial charge on any atom is -0.393 e. The molecule has 1 aromatic carbocycles. The summed E-state index contributed by atoms with van der Waals surface area (Å²) in [5.74, 6) is -0.323. The minimum atomic E-state index is -0.510. The van der Waals surface area contributed by atoms with Crippen molar-refractivity contribution in [3.8, 4) is 5.69 Å². The molecule has 1 aliphatic carbocycles. The van der Waals surface area contributed by atoms with Crippen LogP contribution in [0.4, 0.5) is 5.69 Å². The summed E-state index contributed by atoms with van der Waals surface area (Å²) in [5, 5.41) is 13.5. The monoisotopic (exact) mass is 431 g/mol. The number of aliphatic hydroxyl groups is 1. The van der Waals surface area contributed by atoms with Crippen molar-refractivity contribution in [3.05, 3.63) is 88.6 Å². The second kappa shape index (κ2) is 8.68. The standard InChI is InChI=1S/C25H25N3O4/c29-21-14-23(32-22-10-4-8-18(21)22)17-11-12-26-15-20(17)27-24(30)19-9-5-13-28(25(19)31)16-6-2-1-3-7-16/h1-3,5-7,9,11-13,15,18,21-23,29H,4,8,10,14H2,(H,27,30)/t18-,21-,22-,23-/m1/s1. The van der Waals surface area contributed by atoms with E-state index in [1.807, 2.05) is 30.3 Å². The number of carbonyl (C=O) groups excluding carboxylic acids is 1. The molecule has 7 nitrogen and oxygen atoms in total. The Morgan fingerprint density at radius 1 is 1.12 bits per heavy atom. The molecule has 0 spiro atoms. The number of aromatic nitrogens is 2. The predicted octanol–water partition coefficient (Wildman–Crippen LogP) is 3.48. The van der Waals surface area contributed by atoms with Crippen LogP contribution in [0.2, 0.25) is 0 Å². The molecule has 7 heteroatoms. The van der Waals surface area contributed by atoms with Crippen LogP contribution in [0.25, 0.3) is 5.69 Å². The van der Waals surface area contributed by atoms with Gasteiger partial charge in [-0.3, -0.25) is 19.1 Å². The molecule has 2 aromatic heterocycles. The fraction of sp³-hybridized carbons (Fsp3) is 0.320. The number of benzene rings is 1. The molecular weight excluding hydrogens is 406 g/mol. The third-order valence-corrected chi connectivity index (χ3v) is 6.47. The van der Waals surface area contributed by atoms with Crippen LogP contribution in [0.15, 0.2) is 71.9 Å². The number of rotatable bonds is 4. The molecule has 5 rings (SSSR count). The van der Waals surface area contributed by atoms with Gasteiger partial charge in [-0.25, -0.2) is 0 Å². The predicted molar refractivity (Wildman–Crippen MR) is 120 cm³/mol. The zero-order chi connectivity index (χ0) is 22.1. The molecule has 2 N–H and O–H groups in total. The summed E-state index contributed by atoms with van der Waals surface area (Å²) >= 11 is 0. The first-order valence-corrected chi connectivity index (χ1v) is 11.0. The fourth-order valence-corrected chi connectivity index (χ4v) is 4.86. The van der Waals surface area contributed by atoms with Crippen LogP contribution < -0.4 is 10.9 Å². The maximum Gasteiger partial charge on any atom is 0.267 e. The van der Waals surface area contributed by atoms with E-state index >= 15 is 0 Å². The molecule has 4 atom stereocenters. The van der Waals surface area contributed by atoms with Gasteiger partial charge in [0.05, 0.1) is 30.2 Å². The van der Waals surface area contributed by atoms with Gasteiger partial charge < -0.3 is 15.2 Å². The Balaban J connectivity index is 1.41. The largest absolute Gasteiger partial charge is 0.393 e. The second-order valence-electron chi connectivity index (χ2n) is 8.41. The lowest BCUT2D eigenvalue weighted by atomic mass is 9.88. The van der Waals surface area contributed by atoms with Crippen molar-refractivity contribution in [2.45, 2.75) is 44.0 Å². The zero-order valence-electron chi connectivity index (χ0n) is 17.6. The van der Waals surface area contributed by atoms with Gasteiger partial charge in [0.25, 0.3) is 11.5 Å². The number of aliphatic hydroxyl groups excluding tert-OH is 1. The van der Waals surface area contributed by atoms with Crippen molar-refractivity contribution < 1.29 is 14.6 Å². The van der Waals surface area contributed by atoms with Crippen LogP contribution in [0.1, 0.15) is 47.7 Å². The highest BCUT2D eigenvalue weighted by Crippen LogP contribution is 2.43. The van der Waals surface area contributed by atoms with Crippen LogP contribution in [0.5, 0.6) is 0 Å². The first-order chi connectivity index (χ1) is 15.6. The normalized spacial score (nSPS) is 24.7.